The highest BCUT2D eigenvalue weighted by molar-refractivity contribution is 5.88. The number of hydrogen-bond donors (Lipinski definition) is 0. The molecule has 0 aliphatic rings. The molecule has 0 saturated heterocycles. The first-order valence-corrected chi connectivity index (χ1v) is 6.35. The fraction of sp³-hybridized carbons (Fsp3) is 0.200. The highest BCUT2D eigenvalue weighted by atomic mass is 19.1. The SMILES string of the molecule is CCOC(=O)c1nc(-c2cc(F)c(OC)cc2F)ccc1F. The molecule has 0 spiro atoms. The maximum atomic E-state index is 14.0. The zero-order valence-electron chi connectivity index (χ0n) is 11.8. The summed E-state index contributed by atoms with van der Waals surface area (Å²) in [6.45, 7) is 1.59. The zero-order valence-corrected chi connectivity index (χ0v) is 11.8. The molecular formula is C15H12F3NO3. The molecule has 0 amide bonds. The minimum atomic E-state index is -0.976. The normalized spacial score (nSPS) is 10.4. The van der Waals surface area contributed by atoms with Crippen LogP contribution in [0.5, 0.6) is 5.75 Å². The molecule has 2 rings (SSSR count). The predicted molar refractivity (Wildman–Crippen MR) is 72.1 cm³/mol. The van der Waals surface area contributed by atoms with Crippen molar-refractivity contribution in [3.63, 3.8) is 0 Å². The summed E-state index contributed by atoms with van der Waals surface area (Å²) in [5, 5.41) is 0. The number of hydrogen-bond acceptors (Lipinski definition) is 4. The van der Waals surface area contributed by atoms with Crippen LogP contribution in [0.15, 0.2) is 24.3 Å². The molecule has 22 heavy (non-hydrogen) atoms. The number of rotatable bonds is 4. The monoisotopic (exact) mass is 311 g/mol. The van der Waals surface area contributed by atoms with E-state index in [0.29, 0.717) is 0 Å². The number of halogens is 3. The first kappa shape index (κ1) is 15.8. The quantitative estimate of drug-likeness (QED) is 0.813. The van der Waals surface area contributed by atoms with Crippen LogP contribution in [0.1, 0.15) is 17.4 Å². The van der Waals surface area contributed by atoms with Crippen molar-refractivity contribution < 1.29 is 27.4 Å². The topological polar surface area (TPSA) is 48.4 Å². The number of methoxy groups -OCH3 is 1. The van der Waals surface area contributed by atoms with E-state index in [-0.39, 0.29) is 23.6 Å². The molecule has 0 unspecified atom stereocenters. The van der Waals surface area contributed by atoms with E-state index in [9.17, 15) is 18.0 Å². The maximum Gasteiger partial charge on any atom is 0.360 e. The van der Waals surface area contributed by atoms with Gasteiger partial charge in [0.1, 0.15) is 5.82 Å². The van der Waals surface area contributed by atoms with Crippen molar-refractivity contribution in [1.29, 1.82) is 0 Å². The van der Waals surface area contributed by atoms with E-state index in [4.69, 9.17) is 0 Å². The van der Waals surface area contributed by atoms with Crippen LogP contribution in [0, 0.1) is 17.5 Å². The number of nitrogens with zero attached hydrogens (tertiary/aromatic N) is 1. The first-order valence-electron chi connectivity index (χ1n) is 6.35. The van der Waals surface area contributed by atoms with E-state index in [2.05, 4.69) is 14.5 Å². The molecule has 4 nitrogen and oxygen atoms in total. The number of aromatic nitrogens is 1. The van der Waals surface area contributed by atoms with Crippen LogP contribution in [0.4, 0.5) is 13.2 Å². The van der Waals surface area contributed by atoms with Crippen LogP contribution in [-0.2, 0) is 4.74 Å². The van der Waals surface area contributed by atoms with Crippen molar-refractivity contribution in [2.24, 2.45) is 0 Å². The molecule has 0 radical (unpaired) electrons. The van der Waals surface area contributed by atoms with E-state index in [1.54, 1.807) is 6.92 Å². The lowest BCUT2D eigenvalue weighted by molar-refractivity contribution is 0.0513. The fourth-order valence-electron chi connectivity index (χ4n) is 1.82. The van der Waals surface area contributed by atoms with Gasteiger partial charge in [-0.15, -0.1) is 0 Å². The Morgan fingerprint density at radius 1 is 1.14 bits per heavy atom. The number of esters is 1. The van der Waals surface area contributed by atoms with Crippen molar-refractivity contribution in [1.82, 2.24) is 4.98 Å². The lowest BCUT2D eigenvalue weighted by Crippen LogP contribution is -2.10. The average molecular weight is 311 g/mol. The van der Waals surface area contributed by atoms with E-state index in [1.807, 2.05) is 0 Å². The van der Waals surface area contributed by atoms with Gasteiger partial charge in [-0.2, -0.15) is 0 Å². The Labute approximate surface area is 124 Å². The Morgan fingerprint density at radius 2 is 1.86 bits per heavy atom. The van der Waals surface area contributed by atoms with Gasteiger partial charge in [-0.1, -0.05) is 0 Å². The Kier molecular flexibility index (Phi) is 4.65. The van der Waals surface area contributed by atoms with Gasteiger partial charge in [0, 0.05) is 11.6 Å². The van der Waals surface area contributed by atoms with Gasteiger partial charge in [-0.05, 0) is 25.1 Å². The van der Waals surface area contributed by atoms with Gasteiger partial charge in [0.2, 0.25) is 0 Å². The number of carbonyl (C=O) groups is 1. The molecule has 0 atom stereocenters. The summed E-state index contributed by atoms with van der Waals surface area (Å²) >= 11 is 0. The van der Waals surface area contributed by atoms with Crippen molar-refractivity contribution in [2.75, 3.05) is 13.7 Å². The van der Waals surface area contributed by atoms with Crippen LogP contribution < -0.4 is 4.74 Å². The average Bonchev–Trinajstić information content (AvgIpc) is 2.50. The third kappa shape index (κ3) is 3.03. The molecule has 1 heterocycles. The molecule has 0 N–H and O–H groups in total. The fourth-order valence-corrected chi connectivity index (χ4v) is 1.82. The molecular weight excluding hydrogens is 299 g/mol. The smallest absolute Gasteiger partial charge is 0.360 e. The van der Waals surface area contributed by atoms with Gasteiger partial charge >= 0.3 is 5.97 Å². The summed E-state index contributed by atoms with van der Waals surface area (Å²) < 4.78 is 50.6. The second kappa shape index (κ2) is 6.46. The molecule has 0 saturated carbocycles. The number of pyridine rings is 1. The second-order valence-electron chi connectivity index (χ2n) is 4.21. The van der Waals surface area contributed by atoms with Crippen LogP contribution >= 0.6 is 0 Å². The summed E-state index contributed by atoms with van der Waals surface area (Å²) in [7, 11) is 1.20. The molecule has 1 aromatic carbocycles. The summed E-state index contributed by atoms with van der Waals surface area (Å²) in [6.07, 6.45) is 0. The van der Waals surface area contributed by atoms with Gasteiger partial charge in [0.05, 0.1) is 19.4 Å². The molecule has 0 fully saturated rings. The van der Waals surface area contributed by atoms with Crippen LogP contribution in [0.2, 0.25) is 0 Å². The summed E-state index contributed by atoms with van der Waals surface area (Å²) in [5.74, 6) is -3.77. The summed E-state index contributed by atoms with van der Waals surface area (Å²) in [6, 6.07) is 3.79. The third-order valence-electron chi connectivity index (χ3n) is 2.83. The standard InChI is InChI=1S/C15H12F3NO3/c1-3-22-15(20)14-9(16)4-5-12(19-14)8-6-11(18)13(21-2)7-10(8)17/h4-7H,3H2,1-2H3. The van der Waals surface area contributed by atoms with Gasteiger partial charge in [0.15, 0.2) is 23.1 Å². The molecule has 116 valence electrons. The second-order valence-corrected chi connectivity index (χ2v) is 4.21. The van der Waals surface area contributed by atoms with Gasteiger partial charge in [-0.25, -0.2) is 22.9 Å². The lowest BCUT2D eigenvalue weighted by atomic mass is 10.1. The molecule has 7 heteroatoms. The Balaban J connectivity index is 2.52. The highest BCUT2D eigenvalue weighted by Gasteiger charge is 2.19. The molecule has 0 aliphatic heterocycles. The zero-order chi connectivity index (χ0) is 16.3. The van der Waals surface area contributed by atoms with Gasteiger partial charge < -0.3 is 9.47 Å². The van der Waals surface area contributed by atoms with E-state index < -0.39 is 29.1 Å². The third-order valence-corrected chi connectivity index (χ3v) is 2.83. The largest absolute Gasteiger partial charge is 0.494 e. The molecule has 0 bridgehead atoms. The maximum absolute atomic E-state index is 14.0. The Morgan fingerprint density at radius 3 is 2.50 bits per heavy atom. The molecule has 2 aromatic rings. The van der Waals surface area contributed by atoms with Gasteiger partial charge in [-0.3, -0.25) is 0 Å². The van der Waals surface area contributed by atoms with Crippen LogP contribution in [0.3, 0.4) is 0 Å². The summed E-state index contributed by atoms with van der Waals surface area (Å²) in [4.78, 5) is 15.3. The predicted octanol–water partition coefficient (Wildman–Crippen LogP) is 3.35. The minimum absolute atomic E-state index is 0.0374. The highest BCUT2D eigenvalue weighted by Crippen LogP contribution is 2.28. The van der Waals surface area contributed by atoms with Crippen molar-refractivity contribution >= 4 is 5.97 Å². The van der Waals surface area contributed by atoms with Crippen molar-refractivity contribution in [2.45, 2.75) is 6.92 Å². The Hall–Kier alpha value is -2.57. The van der Waals surface area contributed by atoms with E-state index >= 15 is 0 Å². The minimum Gasteiger partial charge on any atom is -0.494 e. The van der Waals surface area contributed by atoms with E-state index in [1.165, 1.54) is 7.11 Å². The van der Waals surface area contributed by atoms with Crippen LogP contribution in [-0.4, -0.2) is 24.7 Å². The number of ether oxygens (including phenoxy) is 2. The Bertz CT molecular complexity index is 719. The van der Waals surface area contributed by atoms with E-state index in [0.717, 1.165) is 24.3 Å². The van der Waals surface area contributed by atoms with Crippen LogP contribution in [0.25, 0.3) is 11.3 Å². The lowest BCUT2D eigenvalue weighted by Gasteiger charge is -2.09. The number of benzene rings is 1. The first-order chi connectivity index (χ1) is 10.5. The molecule has 1 aromatic heterocycles. The summed E-state index contributed by atoms with van der Waals surface area (Å²) in [5.41, 5.74) is -0.901. The number of carbonyl (C=O) groups excluding carboxylic acids is 1. The van der Waals surface area contributed by atoms with Crippen molar-refractivity contribution in [3.8, 4) is 17.0 Å². The van der Waals surface area contributed by atoms with Crippen molar-refractivity contribution in [3.05, 3.63) is 47.4 Å². The molecule has 0 aliphatic carbocycles. The van der Waals surface area contributed by atoms with Gasteiger partial charge in [0.25, 0.3) is 0 Å².